The zero-order valence-electron chi connectivity index (χ0n) is 18.9. The van der Waals surface area contributed by atoms with E-state index in [9.17, 15) is 14.4 Å². The van der Waals surface area contributed by atoms with Crippen LogP contribution in [0, 0.1) is 0 Å². The minimum absolute atomic E-state index is 0.279. The molecule has 0 bridgehead atoms. The number of hydrogen-bond acceptors (Lipinski definition) is 7. The summed E-state index contributed by atoms with van der Waals surface area (Å²) in [4.78, 5) is 34.5. The maximum absolute atomic E-state index is 12.5. The third-order valence-electron chi connectivity index (χ3n) is 5.11. The monoisotopic (exact) mass is 432 g/mol. The van der Waals surface area contributed by atoms with Crippen molar-refractivity contribution in [3.05, 3.63) is 47.5 Å². The number of allylic oxidation sites excluding steroid dienone is 5. The maximum Gasteiger partial charge on any atom is 0.341 e. The molecular formula is C24H32O7. The molecular weight excluding hydrogens is 400 g/mol. The molecule has 7 heteroatoms. The average Bonchev–Trinajstić information content (AvgIpc) is 3.34. The van der Waals surface area contributed by atoms with Gasteiger partial charge in [-0.15, -0.1) is 0 Å². The topological polar surface area (TPSA) is 91.4 Å². The summed E-state index contributed by atoms with van der Waals surface area (Å²) in [5.41, 5.74) is 2.25. The van der Waals surface area contributed by atoms with Crippen LogP contribution in [0.25, 0.3) is 0 Å². The molecule has 2 heterocycles. The molecule has 0 N–H and O–H groups in total. The second-order valence-corrected chi connectivity index (χ2v) is 8.20. The summed E-state index contributed by atoms with van der Waals surface area (Å²) in [6.07, 6.45) is 11.1. The molecule has 2 fully saturated rings. The Labute approximate surface area is 183 Å². The van der Waals surface area contributed by atoms with E-state index < -0.39 is 23.6 Å². The van der Waals surface area contributed by atoms with Crippen molar-refractivity contribution in [2.75, 3.05) is 0 Å². The normalized spacial score (nSPS) is 25.1. The Kier molecular flexibility index (Phi) is 8.80. The molecule has 0 radical (unpaired) electrons. The first-order valence-corrected chi connectivity index (χ1v) is 10.5. The molecule has 2 saturated heterocycles. The zero-order valence-corrected chi connectivity index (χ0v) is 18.9. The van der Waals surface area contributed by atoms with Crippen LogP contribution < -0.4 is 0 Å². The molecule has 2 rings (SSSR count). The largest absolute Gasteiger partial charge is 0.457 e. The zero-order chi connectivity index (χ0) is 23.0. The van der Waals surface area contributed by atoms with Crippen LogP contribution in [0.1, 0.15) is 66.7 Å². The van der Waals surface area contributed by atoms with E-state index >= 15 is 0 Å². The van der Waals surface area contributed by atoms with E-state index in [1.165, 1.54) is 43.6 Å². The minimum Gasteiger partial charge on any atom is -0.457 e. The second kappa shape index (κ2) is 11.1. The van der Waals surface area contributed by atoms with Crippen molar-refractivity contribution in [2.24, 2.45) is 0 Å². The molecule has 0 aliphatic carbocycles. The Morgan fingerprint density at radius 3 is 2.35 bits per heavy atom. The summed E-state index contributed by atoms with van der Waals surface area (Å²) in [5, 5.41) is 0. The first-order chi connectivity index (χ1) is 14.6. The number of epoxide rings is 1. The number of carbonyl (C=O) groups is 3. The Hall–Kier alpha value is -2.67. The molecule has 170 valence electrons. The van der Waals surface area contributed by atoms with Gasteiger partial charge in [-0.1, -0.05) is 23.3 Å². The van der Waals surface area contributed by atoms with E-state index in [0.717, 1.165) is 19.3 Å². The van der Waals surface area contributed by atoms with Crippen molar-refractivity contribution in [3.8, 4) is 0 Å². The van der Waals surface area contributed by atoms with Crippen LogP contribution in [-0.4, -0.2) is 35.7 Å². The van der Waals surface area contributed by atoms with Crippen LogP contribution in [0.4, 0.5) is 0 Å². The lowest BCUT2D eigenvalue weighted by atomic mass is 9.95. The van der Waals surface area contributed by atoms with Crippen LogP contribution >= 0.6 is 0 Å². The maximum atomic E-state index is 12.5. The molecule has 2 aliphatic heterocycles. The number of rotatable bonds is 11. The van der Waals surface area contributed by atoms with Crippen molar-refractivity contribution >= 4 is 17.9 Å². The molecule has 0 aromatic carbocycles. The fourth-order valence-electron chi connectivity index (χ4n) is 3.47. The molecule has 0 amide bonds. The molecule has 2 aliphatic rings. The third kappa shape index (κ3) is 7.51. The second-order valence-electron chi connectivity index (χ2n) is 8.20. The highest BCUT2D eigenvalue weighted by molar-refractivity contribution is 5.86. The van der Waals surface area contributed by atoms with Gasteiger partial charge in [-0.25, -0.2) is 4.79 Å². The Bertz CT molecular complexity index is 814. The number of hydrogen-bond donors (Lipinski definition) is 0. The van der Waals surface area contributed by atoms with Gasteiger partial charge in [0.2, 0.25) is 0 Å². The fraction of sp³-hybridized carbons (Fsp3) is 0.542. The average molecular weight is 433 g/mol. The van der Waals surface area contributed by atoms with E-state index in [1.807, 2.05) is 0 Å². The number of carbonyl (C=O) groups excluding carboxylic acids is 3. The quantitative estimate of drug-likeness (QED) is 0.119. The van der Waals surface area contributed by atoms with Crippen LogP contribution in [0.15, 0.2) is 47.5 Å². The van der Waals surface area contributed by atoms with Crippen molar-refractivity contribution < 1.29 is 33.3 Å². The van der Waals surface area contributed by atoms with E-state index in [4.69, 9.17) is 18.9 Å². The van der Waals surface area contributed by atoms with Crippen molar-refractivity contribution in [2.45, 2.75) is 84.5 Å². The lowest BCUT2D eigenvalue weighted by Crippen LogP contribution is -2.22. The third-order valence-corrected chi connectivity index (χ3v) is 5.11. The van der Waals surface area contributed by atoms with Gasteiger partial charge in [0, 0.05) is 20.3 Å². The summed E-state index contributed by atoms with van der Waals surface area (Å²) < 4.78 is 21.0. The predicted molar refractivity (Wildman–Crippen MR) is 115 cm³/mol. The highest BCUT2D eigenvalue weighted by atomic mass is 16.7. The van der Waals surface area contributed by atoms with Crippen molar-refractivity contribution in [3.63, 3.8) is 0 Å². The van der Waals surface area contributed by atoms with Crippen LogP contribution in [0.2, 0.25) is 0 Å². The number of ether oxygens (including phenoxy) is 4. The van der Waals surface area contributed by atoms with E-state index in [0.29, 0.717) is 12.0 Å². The van der Waals surface area contributed by atoms with Gasteiger partial charge in [0.1, 0.15) is 12.2 Å². The SMILES string of the molecule is CC(=O)OC=CC(=COC(C)=O)CC1OC(=O)C2(CCC=C(C)CCC=C(C)C)OC12. The van der Waals surface area contributed by atoms with E-state index in [2.05, 4.69) is 32.9 Å². The molecule has 0 spiro atoms. The first kappa shape index (κ1) is 24.6. The van der Waals surface area contributed by atoms with Crippen molar-refractivity contribution in [1.82, 2.24) is 0 Å². The van der Waals surface area contributed by atoms with Crippen molar-refractivity contribution in [1.29, 1.82) is 0 Å². The van der Waals surface area contributed by atoms with E-state index in [1.54, 1.807) is 0 Å². The molecule has 0 saturated carbocycles. The predicted octanol–water partition coefficient (Wildman–Crippen LogP) is 4.44. The molecule has 3 unspecified atom stereocenters. The summed E-state index contributed by atoms with van der Waals surface area (Å²) >= 11 is 0. The van der Waals surface area contributed by atoms with Gasteiger partial charge < -0.3 is 18.9 Å². The number of cyclic esters (lactones) is 1. The summed E-state index contributed by atoms with van der Waals surface area (Å²) in [6.45, 7) is 8.83. The first-order valence-electron chi connectivity index (χ1n) is 10.5. The molecule has 0 aromatic rings. The summed E-state index contributed by atoms with van der Waals surface area (Å²) in [6, 6.07) is 0. The van der Waals surface area contributed by atoms with Gasteiger partial charge in [-0.3, -0.25) is 9.59 Å². The highest BCUT2D eigenvalue weighted by Crippen LogP contribution is 2.51. The lowest BCUT2D eigenvalue weighted by Gasteiger charge is -2.12. The van der Waals surface area contributed by atoms with Gasteiger partial charge in [0.05, 0.1) is 12.5 Å². The van der Waals surface area contributed by atoms with Crippen LogP contribution in [0.3, 0.4) is 0 Å². The summed E-state index contributed by atoms with van der Waals surface area (Å²) in [5.74, 6) is -1.30. The number of esters is 3. The Morgan fingerprint density at radius 1 is 1.03 bits per heavy atom. The van der Waals surface area contributed by atoms with Gasteiger partial charge in [-0.2, -0.15) is 0 Å². The van der Waals surface area contributed by atoms with Gasteiger partial charge >= 0.3 is 17.9 Å². The highest BCUT2D eigenvalue weighted by Gasteiger charge is 2.72. The van der Waals surface area contributed by atoms with E-state index in [-0.39, 0.29) is 18.5 Å². The molecule has 3 atom stereocenters. The lowest BCUT2D eigenvalue weighted by molar-refractivity contribution is -0.154. The van der Waals surface area contributed by atoms with Gasteiger partial charge in [0.15, 0.2) is 5.60 Å². The van der Waals surface area contributed by atoms with Gasteiger partial charge in [0.25, 0.3) is 0 Å². The van der Waals surface area contributed by atoms with Gasteiger partial charge in [-0.05, 0) is 58.1 Å². The molecule has 7 nitrogen and oxygen atoms in total. The number of fused-ring (bicyclic) bond motifs is 1. The Balaban J connectivity index is 1.93. The molecule has 31 heavy (non-hydrogen) atoms. The smallest absolute Gasteiger partial charge is 0.341 e. The fourth-order valence-corrected chi connectivity index (χ4v) is 3.47. The minimum atomic E-state index is -0.881. The van der Waals surface area contributed by atoms with Crippen LogP contribution in [-0.2, 0) is 33.3 Å². The summed E-state index contributed by atoms with van der Waals surface area (Å²) in [7, 11) is 0. The van der Waals surface area contributed by atoms with Crippen LogP contribution in [0.5, 0.6) is 0 Å². The standard InChI is InChI=1S/C24H32O7/c1-16(2)8-6-9-17(3)10-7-12-24-22(31-24)21(30-23(24)27)14-20(15-29-19(5)26)11-13-28-18(4)25/h8,10-11,13,15,21-22H,6-7,9,12,14H2,1-5H3. The Morgan fingerprint density at radius 2 is 1.74 bits per heavy atom. The molecule has 0 aromatic heterocycles.